The minimum absolute atomic E-state index is 0.0377. The molecule has 0 atom stereocenters. The van der Waals surface area contributed by atoms with E-state index in [4.69, 9.17) is 0 Å². The Kier molecular flexibility index (Phi) is 4.63. The predicted octanol–water partition coefficient (Wildman–Crippen LogP) is 3.26. The van der Waals surface area contributed by atoms with Crippen molar-refractivity contribution in [1.29, 1.82) is 0 Å². The zero-order valence-electron chi connectivity index (χ0n) is 10.9. The van der Waals surface area contributed by atoms with Crippen LogP contribution in [0, 0.1) is 6.92 Å². The fourth-order valence-electron chi connectivity index (χ4n) is 1.91. The zero-order valence-corrected chi connectivity index (χ0v) is 11.8. The number of benzene rings is 2. The van der Waals surface area contributed by atoms with E-state index in [2.05, 4.69) is 30.1 Å². The van der Waals surface area contributed by atoms with Gasteiger partial charge in [0, 0.05) is 17.0 Å². The van der Waals surface area contributed by atoms with Crippen LogP contribution in [0.1, 0.15) is 21.5 Å². The van der Waals surface area contributed by atoms with E-state index < -0.39 is 0 Å². The summed E-state index contributed by atoms with van der Waals surface area (Å²) in [6.07, 6.45) is 0.839. The first-order valence-corrected chi connectivity index (χ1v) is 6.73. The van der Waals surface area contributed by atoms with E-state index in [9.17, 15) is 4.79 Å². The van der Waals surface area contributed by atoms with Gasteiger partial charge in [-0.3, -0.25) is 4.79 Å². The summed E-state index contributed by atoms with van der Waals surface area (Å²) in [7, 11) is 0. The van der Waals surface area contributed by atoms with E-state index in [1.807, 2.05) is 37.3 Å². The van der Waals surface area contributed by atoms with Crippen molar-refractivity contribution in [3.05, 3.63) is 65.2 Å². The number of nitrogens with one attached hydrogen (secondary N) is 1. The number of carbonyl (C=O) groups excluding carboxylic acids is 1. The summed E-state index contributed by atoms with van der Waals surface area (Å²) in [5.74, 6) is -0.0377. The van der Waals surface area contributed by atoms with Gasteiger partial charge in [-0.05, 0) is 36.6 Å². The molecule has 0 spiro atoms. The molecule has 2 aromatic rings. The number of aryl methyl sites for hydroxylation is 1. The zero-order chi connectivity index (χ0) is 13.7. The highest BCUT2D eigenvalue weighted by atomic mass is 32.1. The van der Waals surface area contributed by atoms with Crippen LogP contribution in [0.4, 0.5) is 0 Å². The van der Waals surface area contributed by atoms with Gasteiger partial charge in [-0.2, -0.15) is 0 Å². The second-order valence-corrected chi connectivity index (χ2v) is 5.01. The molecule has 0 aliphatic heterocycles. The first-order valence-electron chi connectivity index (χ1n) is 6.28. The van der Waals surface area contributed by atoms with Crippen LogP contribution in [0.15, 0.2) is 53.4 Å². The van der Waals surface area contributed by atoms with Crippen molar-refractivity contribution in [3.8, 4) is 0 Å². The fraction of sp³-hybridized carbons (Fsp3) is 0.188. The molecule has 0 radical (unpaired) electrons. The quantitative estimate of drug-likeness (QED) is 0.821. The van der Waals surface area contributed by atoms with Gasteiger partial charge in [0.1, 0.15) is 0 Å². The molecule has 0 heterocycles. The van der Waals surface area contributed by atoms with Gasteiger partial charge >= 0.3 is 0 Å². The van der Waals surface area contributed by atoms with Crippen molar-refractivity contribution in [1.82, 2.24) is 5.32 Å². The van der Waals surface area contributed by atoms with Crippen molar-refractivity contribution in [2.75, 3.05) is 6.54 Å². The first kappa shape index (κ1) is 13.7. The highest BCUT2D eigenvalue weighted by molar-refractivity contribution is 7.80. The Morgan fingerprint density at radius 2 is 1.89 bits per heavy atom. The van der Waals surface area contributed by atoms with Crippen molar-refractivity contribution >= 4 is 18.5 Å². The standard InChI is InChI=1S/C16H17NOS/c1-12-7-8-14(19)11-15(12)16(18)17-10-9-13-5-3-2-4-6-13/h2-8,11,19H,9-10H2,1H3,(H,17,18). The smallest absolute Gasteiger partial charge is 0.251 e. The number of rotatable bonds is 4. The van der Waals surface area contributed by atoms with Gasteiger partial charge in [-0.15, -0.1) is 12.6 Å². The average Bonchev–Trinajstić information content (AvgIpc) is 2.42. The second-order valence-electron chi connectivity index (χ2n) is 4.49. The largest absolute Gasteiger partial charge is 0.352 e. The summed E-state index contributed by atoms with van der Waals surface area (Å²) < 4.78 is 0. The highest BCUT2D eigenvalue weighted by Crippen LogP contribution is 2.13. The topological polar surface area (TPSA) is 29.1 Å². The SMILES string of the molecule is Cc1ccc(S)cc1C(=O)NCCc1ccccc1. The van der Waals surface area contributed by atoms with Crippen molar-refractivity contribution in [2.24, 2.45) is 0 Å². The number of amides is 1. The van der Waals surface area contributed by atoms with E-state index >= 15 is 0 Å². The van der Waals surface area contributed by atoms with Crippen molar-refractivity contribution in [3.63, 3.8) is 0 Å². The summed E-state index contributed by atoms with van der Waals surface area (Å²) in [5, 5.41) is 2.94. The minimum Gasteiger partial charge on any atom is -0.352 e. The molecule has 0 aliphatic rings. The molecule has 1 N–H and O–H groups in total. The van der Waals surface area contributed by atoms with E-state index in [1.165, 1.54) is 5.56 Å². The maximum absolute atomic E-state index is 12.1. The first-order chi connectivity index (χ1) is 9.16. The third kappa shape index (κ3) is 3.86. The summed E-state index contributed by atoms with van der Waals surface area (Å²) in [6.45, 7) is 2.57. The minimum atomic E-state index is -0.0377. The molecule has 2 rings (SSSR count). The molecular formula is C16H17NOS. The third-order valence-electron chi connectivity index (χ3n) is 3.01. The van der Waals surface area contributed by atoms with Crippen LogP contribution in [0.2, 0.25) is 0 Å². The normalized spacial score (nSPS) is 10.2. The lowest BCUT2D eigenvalue weighted by Gasteiger charge is -2.08. The number of hydrogen-bond donors (Lipinski definition) is 2. The van der Waals surface area contributed by atoms with Gasteiger partial charge in [0.05, 0.1) is 0 Å². The van der Waals surface area contributed by atoms with Crippen molar-refractivity contribution < 1.29 is 4.79 Å². The molecule has 3 heteroatoms. The summed E-state index contributed by atoms with van der Waals surface area (Å²) >= 11 is 4.26. The maximum atomic E-state index is 12.1. The van der Waals surface area contributed by atoms with Gasteiger partial charge < -0.3 is 5.32 Å². The maximum Gasteiger partial charge on any atom is 0.251 e. The van der Waals surface area contributed by atoms with Crippen LogP contribution in [-0.4, -0.2) is 12.5 Å². The predicted molar refractivity (Wildman–Crippen MR) is 80.9 cm³/mol. The van der Waals surface area contributed by atoms with E-state index in [-0.39, 0.29) is 5.91 Å². The summed E-state index contributed by atoms with van der Waals surface area (Å²) in [6, 6.07) is 15.7. The molecule has 0 bridgehead atoms. The summed E-state index contributed by atoms with van der Waals surface area (Å²) in [4.78, 5) is 12.9. The molecule has 19 heavy (non-hydrogen) atoms. The highest BCUT2D eigenvalue weighted by Gasteiger charge is 2.08. The molecule has 0 fully saturated rings. The monoisotopic (exact) mass is 271 g/mol. The number of thiol groups is 1. The molecule has 2 aromatic carbocycles. The van der Waals surface area contributed by atoms with Crippen LogP contribution in [0.3, 0.4) is 0 Å². The lowest BCUT2D eigenvalue weighted by atomic mass is 10.1. The van der Waals surface area contributed by atoms with E-state index in [0.29, 0.717) is 12.1 Å². The molecule has 0 aromatic heterocycles. The average molecular weight is 271 g/mol. The molecule has 0 aliphatic carbocycles. The van der Waals surface area contributed by atoms with E-state index in [0.717, 1.165) is 16.9 Å². The Labute approximate surface area is 119 Å². The molecule has 0 saturated carbocycles. The van der Waals surface area contributed by atoms with Crippen molar-refractivity contribution in [2.45, 2.75) is 18.2 Å². The Hall–Kier alpha value is -1.74. The summed E-state index contributed by atoms with van der Waals surface area (Å²) in [5.41, 5.74) is 2.89. The number of carbonyl (C=O) groups is 1. The Morgan fingerprint density at radius 3 is 2.63 bits per heavy atom. The Bertz CT molecular complexity index is 566. The third-order valence-corrected chi connectivity index (χ3v) is 3.29. The molecule has 0 saturated heterocycles. The van der Waals surface area contributed by atoms with Crippen LogP contribution in [0.25, 0.3) is 0 Å². The van der Waals surface area contributed by atoms with Crippen LogP contribution >= 0.6 is 12.6 Å². The molecule has 0 unspecified atom stereocenters. The van der Waals surface area contributed by atoms with Crippen LogP contribution in [0.5, 0.6) is 0 Å². The lowest BCUT2D eigenvalue weighted by Crippen LogP contribution is -2.26. The van der Waals surface area contributed by atoms with Gasteiger partial charge in [-0.1, -0.05) is 36.4 Å². The lowest BCUT2D eigenvalue weighted by molar-refractivity contribution is 0.0953. The number of hydrogen-bond acceptors (Lipinski definition) is 2. The molecule has 98 valence electrons. The van der Waals surface area contributed by atoms with Gasteiger partial charge in [-0.25, -0.2) is 0 Å². The fourth-order valence-corrected chi connectivity index (χ4v) is 2.12. The van der Waals surface area contributed by atoms with E-state index in [1.54, 1.807) is 6.07 Å². The molecular weight excluding hydrogens is 254 g/mol. The Balaban J connectivity index is 1.93. The Morgan fingerprint density at radius 1 is 1.16 bits per heavy atom. The second kappa shape index (κ2) is 6.43. The van der Waals surface area contributed by atoms with Gasteiger partial charge in [0.2, 0.25) is 0 Å². The molecule has 1 amide bonds. The van der Waals surface area contributed by atoms with Crippen LogP contribution < -0.4 is 5.32 Å². The van der Waals surface area contributed by atoms with Gasteiger partial charge in [0.15, 0.2) is 0 Å². The van der Waals surface area contributed by atoms with Gasteiger partial charge in [0.25, 0.3) is 5.91 Å². The molecule has 2 nitrogen and oxygen atoms in total. The van der Waals surface area contributed by atoms with Crippen LogP contribution in [-0.2, 0) is 6.42 Å².